The van der Waals surface area contributed by atoms with E-state index in [4.69, 9.17) is 4.74 Å². The summed E-state index contributed by atoms with van der Waals surface area (Å²) in [4.78, 5) is 37.2. The minimum atomic E-state index is 0.116. The fourth-order valence-electron chi connectivity index (χ4n) is 4.50. The summed E-state index contributed by atoms with van der Waals surface area (Å²) >= 11 is 0. The van der Waals surface area contributed by atoms with Gasteiger partial charge in [-0.15, -0.1) is 0 Å². The third kappa shape index (κ3) is 5.15. The molecule has 7 heteroatoms. The molecule has 174 valence electrons. The Balaban J connectivity index is 1.22. The Kier molecular flexibility index (Phi) is 6.62. The van der Waals surface area contributed by atoms with Crippen molar-refractivity contribution < 1.29 is 14.3 Å². The highest BCUT2D eigenvalue weighted by molar-refractivity contribution is 5.95. The van der Waals surface area contributed by atoms with E-state index in [1.165, 1.54) is 0 Å². The molecule has 7 nitrogen and oxygen atoms in total. The van der Waals surface area contributed by atoms with E-state index >= 15 is 0 Å². The Morgan fingerprint density at radius 1 is 0.912 bits per heavy atom. The van der Waals surface area contributed by atoms with Gasteiger partial charge in [-0.2, -0.15) is 0 Å². The highest BCUT2D eigenvalue weighted by Gasteiger charge is 2.21. The van der Waals surface area contributed by atoms with Gasteiger partial charge in [0.15, 0.2) is 0 Å². The second-order valence-electron chi connectivity index (χ2n) is 8.78. The van der Waals surface area contributed by atoms with Crippen LogP contribution < -0.4 is 4.90 Å². The van der Waals surface area contributed by atoms with Crippen LogP contribution in [0.2, 0.25) is 0 Å². The quantitative estimate of drug-likeness (QED) is 0.569. The van der Waals surface area contributed by atoms with Gasteiger partial charge in [-0.3, -0.25) is 19.6 Å². The summed E-state index contributed by atoms with van der Waals surface area (Å²) in [5.41, 5.74) is 5.96. The molecular formula is C27H28N4O3. The topological polar surface area (TPSA) is 75.6 Å². The van der Waals surface area contributed by atoms with Crippen molar-refractivity contribution in [3.63, 3.8) is 0 Å². The van der Waals surface area contributed by atoms with Crippen molar-refractivity contribution in [1.82, 2.24) is 14.9 Å². The number of hydrogen-bond donors (Lipinski definition) is 0. The first-order valence-electron chi connectivity index (χ1n) is 11.8. The average Bonchev–Trinajstić information content (AvgIpc) is 3.31. The third-order valence-corrected chi connectivity index (χ3v) is 6.37. The number of ether oxygens (including phenoxy) is 1. The van der Waals surface area contributed by atoms with Crippen LogP contribution in [0.1, 0.15) is 29.7 Å². The molecule has 2 saturated heterocycles. The lowest BCUT2D eigenvalue weighted by molar-refractivity contribution is -0.134. The van der Waals surface area contributed by atoms with Crippen LogP contribution in [0.4, 0.5) is 5.69 Å². The molecule has 0 spiro atoms. The zero-order valence-corrected chi connectivity index (χ0v) is 19.2. The zero-order valence-electron chi connectivity index (χ0n) is 19.2. The molecule has 2 aliphatic rings. The molecule has 0 aliphatic carbocycles. The molecule has 0 radical (unpaired) electrons. The molecule has 0 unspecified atom stereocenters. The number of benzene rings is 1. The van der Waals surface area contributed by atoms with Gasteiger partial charge in [0, 0.05) is 68.0 Å². The van der Waals surface area contributed by atoms with Crippen LogP contribution in [0.5, 0.6) is 0 Å². The predicted octanol–water partition coefficient (Wildman–Crippen LogP) is 3.26. The maximum Gasteiger partial charge on any atom is 0.227 e. The van der Waals surface area contributed by atoms with Crippen LogP contribution in [0.25, 0.3) is 11.1 Å². The van der Waals surface area contributed by atoms with Gasteiger partial charge in [-0.25, -0.2) is 0 Å². The van der Waals surface area contributed by atoms with Crippen molar-refractivity contribution in [2.45, 2.75) is 25.7 Å². The van der Waals surface area contributed by atoms with Crippen LogP contribution in [0, 0.1) is 0 Å². The summed E-state index contributed by atoms with van der Waals surface area (Å²) < 4.78 is 5.32. The molecule has 2 aromatic heterocycles. The van der Waals surface area contributed by atoms with Gasteiger partial charge in [0.05, 0.1) is 19.6 Å². The normalized spacial score (nSPS) is 16.2. The first kappa shape index (κ1) is 22.2. The highest BCUT2D eigenvalue weighted by Crippen LogP contribution is 2.26. The molecule has 4 heterocycles. The monoisotopic (exact) mass is 456 g/mol. The fraction of sp³-hybridized carbons (Fsp3) is 0.333. The molecule has 0 atom stereocenters. The number of nitrogens with zero attached hydrogens (tertiary/aromatic N) is 4. The van der Waals surface area contributed by atoms with E-state index in [9.17, 15) is 9.59 Å². The highest BCUT2D eigenvalue weighted by atomic mass is 16.5. The van der Waals surface area contributed by atoms with Gasteiger partial charge < -0.3 is 14.5 Å². The van der Waals surface area contributed by atoms with Crippen LogP contribution in [0.15, 0.2) is 61.1 Å². The molecule has 0 saturated carbocycles. The minimum absolute atomic E-state index is 0.116. The molecule has 34 heavy (non-hydrogen) atoms. The Labute approximate surface area is 199 Å². The number of carbonyl (C=O) groups excluding carboxylic acids is 2. The van der Waals surface area contributed by atoms with E-state index in [0.29, 0.717) is 45.6 Å². The van der Waals surface area contributed by atoms with Crippen molar-refractivity contribution >= 4 is 17.5 Å². The number of pyridine rings is 2. The largest absolute Gasteiger partial charge is 0.378 e. The Bertz CT molecular complexity index is 1160. The first-order chi connectivity index (χ1) is 16.7. The standard InChI is InChI=1S/C27H28N4O3/c32-26-2-1-9-31(26)25-7-4-22(5-8-25)23-3-6-24(29-19-23)15-20-14-21(18-28-17-20)16-27(33)30-10-12-34-13-11-30/h3-8,14,17-19H,1-2,9-13,15-16H2. The van der Waals surface area contributed by atoms with Gasteiger partial charge in [0.25, 0.3) is 0 Å². The van der Waals surface area contributed by atoms with Crippen molar-refractivity contribution in [2.75, 3.05) is 37.7 Å². The second-order valence-corrected chi connectivity index (χ2v) is 8.78. The number of morpholine rings is 1. The summed E-state index contributed by atoms with van der Waals surface area (Å²) in [6.07, 6.45) is 8.04. The molecule has 1 aromatic carbocycles. The molecule has 2 fully saturated rings. The predicted molar refractivity (Wildman–Crippen MR) is 129 cm³/mol. The lowest BCUT2D eigenvalue weighted by atomic mass is 10.0. The summed E-state index contributed by atoms with van der Waals surface area (Å²) in [5, 5.41) is 0. The van der Waals surface area contributed by atoms with Gasteiger partial charge in [0.2, 0.25) is 11.8 Å². The SMILES string of the molecule is O=C(Cc1cncc(Cc2ccc(-c3ccc(N4CCCC4=O)cc3)cn2)c1)N1CCOCC1. The second kappa shape index (κ2) is 10.1. The van der Waals surface area contributed by atoms with Crippen LogP contribution in [-0.2, 0) is 27.2 Å². The molecule has 2 aliphatic heterocycles. The number of rotatable bonds is 6. The van der Waals surface area contributed by atoms with Gasteiger partial charge in [-0.05, 0) is 41.3 Å². The number of carbonyl (C=O) groups is 2. The molecule has 0 N–H and O–H groups in total. The smallest absolute Gasteiger partial charge is 0.227 e. The maximum atomic E-state index is 12.5. The lowest BCUT2D eigenvalue weighted by Gasteiger charge is -2.26. The minimum Gasteiger partial charge on any atom is -0.378 e. The van der Waals surface area contributed by atoms with Crippen LogP contribution >= 0.6 is 0 Å². The van der Waals surface area contributed by atoms with Crippen molar-refractivity contribution in [3.8, 4) is 11.1 Å². The number of aromatic nitrogens is 2. The van der Waals surface area contributed by atoms with E-state index in [2.05, 4.69) is 16.0 Å². The van der Waals surface area contributed by atoms with E-state index in [1.807, 2.05) is 58.6 Å². The molecule has 2 amide bonds. The Hall–Kier alpha value is -3.58. The van der Waals surface area contributed by atoms with Gasteiger partial charge >= 0.3 is 0 Å². The molecular weight excluding hydrogens is 428 g/mol. The van der Waals surface area contributed by atoms with Crippen LogP contribution in [0.3, 0.4) is 0 Å². The van der Waals surface area contributed by atoms with Gasteiger partial charge in [-0.1, -0.05) is 24.3 Å². The van der Waals surface area contributed by atoms with E-state index in [1.54, 1.807) is 6.20 Å². The average molecular weight is 457 g/mol. The van der Waals surface area contributed by atoms with Crippen molar-refractivity contribution in [2.24, 2.45) is 0 Å². The number of hydrogen-bond acceptors (Lipinski definition) is 5. The lowest BCUT2D eigenvalue weighted by Crippen LogP contribution is -2.41. The van der Waals surface area contributed by atoms with Crippen molar-refractivity contribution in [3.05, 3.63) is 77.9 Å². The maximum absolute atomic E-state index is 12.5. The number of anilines is 1. The van der Waals surface area contributed by atoms with E-state index < -0.39 is 0 Å². The zero-order chi connectivity index (χ0) is 23.3. The summed E-state index contributed by atoms with van der Waals surface area (Å²) in [6, 6.07) is 14.2. The number of amides is 2. The fourth-order valence-corrected chi connectivity index (χ4v) is 4.50. The Morgan fingerprint density at radius 3 is 2.38 bits per heavy atom. The third-order valence-electron chi connectivity index (χ3n) is 6.37. The van der Waals surface area contributed by atoms with Gasteiger partial charge in [0.1, 0.15) is 0 Å². The molecule has 5 rings (SSSR count). The summed E-state index contributed by atoms with van der Waals surface area (Å²) in [5.74, 6) is 0.313. The summed E-state index contributed by atoms with van der Waals surface area (Å²) in [7, 11) is 0. The van der Waals surface area contributed by atoms with E-state index in [-0.39, 0.29) is 11.8 Å². The Morgan fingerprint density at radius 2 is 1.68 bits per heavy atom. The summed E-state index contributed by atoms with van der Waals surface area (Å²) in [6.45, 7) is 3.32. The first-order valence-corrected chi connectivity index (χ1v) is 11.8. The van der Waals surface area contributed by atoms with Crippen molar-refractivity contribution in [1.29, 1.82) is 0 Å². The van der Waals surface area contributed by atoms with Crippen LogP contribution in [-0.4, -0.2) is 59.5 Å². The molecule has 3 aromatic rings. The van der Waals surface area contributed by atoms with E-state index in [0.717, 1.165) is 46.6 Å². The molecule has 0 bridgehead atoms.